The minimum atomic E-state index is -0.652. The Labute approximate surface area is 155 Å². The molecule has 1 atom stereocenters. The minimum Gasteiger partial charge on any atom is -0.337 e. The molecule has 3 heterocycles. The topological polar surface area (TPSA) is 118 Å². The number of amides is 2. The Hall–Kier alpha value is -3.49. The monoisotopic (exact) mass is 365 g/mol. The minimum absolute atomic E-state index is 0.0251. The van der Waals surface area contributed by atoms with Gasteiger partial charge in [0.15, 0.2) is 0 Å². The number of carbonyl (C=O) groups is 2. The number of rotatable bonds is 4. The van der Waals surface area contributed by atoms with Crippen molar-refractivity contribution in [1.29, 1.82) is 0 Å². The molecule has 2 aromatic heterocycles. The number of H-pyrrole nitrogens is 1. The van der Waals surface area contributed by atoms with E-state index in [0.717, 1.165) is 11.3 Å². The van der Waals surface area contributed by atoms with Gasteiger partial charge in [-0.25, -0.2) is 4.98 Å². The van der Waals surface area contributed by atoms with Crippen LogP contribution in [0.1, 0.15) is 34.1 Å². The lowest BCUT2D eigenvalue weighted by Gasteiger charge is -2.13. The van der Waals surface area contributed by atoms with E-state index < -0.39 is 11.9 Å². The molecule has 9 nitrogen and oxygen atoms in total. The maximum Gasteiger partial charge on any atom is 0.291 e. The Bertz CT molecular complexity index is 977. The van der Waals surface area contributed by atoms with Crippen LogP contribution in [0, 0.1) is 0 Å². The molecule has 0 spiro atoms. The van der Waals surface area contributed by atoms with Crippen LogP contribution >= 0.6 is 0 Å². The summed E-state index contributed by atoms with van der Waals surface area (Å²) >= 11 is 0. The lowest BCUT2D eigenvalue weighted by atomic mass is 10.1. The Morgan fingerprint density at radius 2 is 2.15 bits per heavy atom. The van der Waals surface area contributed by atoms with Crippen molar-refractivity contribution in [3.05, 3.63) is 59.4 Å². The number of aromatic nitrogens is 5. The molecule has 138 valence electrons. The summed E-state index contributed by atoms with van der Waals surface area (Å²) in [5.41, 5.74) is 2.68. The SMILES string of the molecule is Cn1ncc2c1CCC(NC(=O)c1n[nH]c(Cc3ccccc3)n1)C(=O)N2. The average Bonchev–Trinajstić information content (AvgIpc) is 3.22. The van der Waals surface area contributed by atoms with E-state index in [1.807, 2.05) is 37.4 Å². The quantitative estimate of drug-likeness (QED) is 0.632. The molecule has 9 heteroatoms. The van der Waals surface area contributed by atoms with E-state index in [1.54, 1.807) is 10.9 Å². The maximum absolute atomic E-state index is 12.5. The second-order valence-electron chi connectivity index (χ2n) is 6.45. The number of nitrogens with zero attached hydrogens (tertiary/aromatic N) is 4. The Balaban J connectivity index is 1.41. The normalized spacial score (nSPS) is 16.3. The predicted molar refractivity (Wildman–Crippen MR) is 97.0 cm³/mol. The van der Waals surface area contributed by atoms with Crippen LogP contribution in [0.15, 0.2) is 36.5 Å². The lowest BCUT2D eigenvalue weighted by Crippen LogP contribution is -2.43. The van der Waals surface area contributed by atoms with Gasteiger partial charge in [-0.3, -0.25) is 19.4 Å². The summed E-state index contributed by atoms with van der Waals surface area (Å²) in [6.07, 6.45) is 3.27. The third-order valence-corrected chi connectivity index (χ3v) is 4.56. The van der Waals surface area contributed by atoms with Crippen molar-refractivity contribution in [1.82, 2.24) is 30.3 Å². The average molecular weight is 365 g/mol. The molecule has 0 saturated heterocycles. The number of hydrogen-bond donors (Lipinski definition) is 3. The van der Waals surface area contributed by atoms with Gasteiger partial charge in [-0.1, -0.05) is 30.3 Å². The van der Waals surface area contributed by atoms with Gasteiger partial charge in [-0.2, -0.15) is 5.10 Å². The number of carbonyl (C=O) groups excluding carboxylic acids is 2. The summed E-state index contributed by atoms with van der Waals surface area (Å²) in [5, 5.41) is 16.4. The first-order valence-corrected chi connectivity index (χ1v) is 8.68. The van der Waals surface area contributed by atoms with E-state index in [1.165, 1.54) is 0 Å². The second-order valence-corrected chi connectivity index (χ2v) is 6.45. The van der Waals surface area contributed by atoms with Crippen molar-refractivity contribution in [2.45, 2.75) is 25.3 Å². The van der Waals surface area contributed by atoms with Gasteiger partial charge in [0.1, 0.15) is 11.9 Å². The van der Waals surface area contributed by atoms with E-state index in [-0.39, 0.29) is 11.7 Å². The summed E-state index contributed by atoms with van der Waals surface area (Å²) in [5.74, 6) is -0.128. The van der Waals surface area contributed by atoms with Gasteiger partial charge >= 0.3 is 0 Å². The molecule has 0 aliphatic carbocycles. The van der Waals surface area contributed by atoms with Crippen LogP contribution in [0.4, 0.5) is 5.69 Å². The number of aryl methyl sites for hydroxylation is 1. The molecule has 3 aromatic rings. The Morgan fingerprint density at radius 3 is 2.96 bits per heavy atom. The molecule has 4 rings (SSSR count). The van der Waals surface area contributed by atoms with Gasteiger partial charge in [0.2, 0.25) is 11.7 Å². The highest BCUT2D eigenvalue weighted by atomic mass is 16.2. The Kier molecular flexibility index (Phi) is 4.41. The predicted octanol–water partition coefficient (Wildman–Crippen LogP) is 0.812. The molecule has 0 saturated carbocycles. The molecule has 27 heavy (non-hydrogen) atoms. The summed E-state index contributed by atoms with van der Waals surface area (Å²) in [6, 6.07) is 9.13. The molecule has 1 aliphatic rings. The summed E-state index contributed by atoms with van der Waals surface area (Å²) < 4.78 is 1.73. The molecule has 0 radical (unpaired) electrons. The lowest BCUT2D eigenvalue weighted by molar-refractivity contribution is -0.118. The maximum atomic E-state index is 12.5. The van der Waals surface area contributed by atoms with Crippen LogP contribution in [0.25, 0.3) is 0 Å². The first-order chi connectivity index (χ1) is 13.1. The molecule has 3 N–H and O–H groups in total. The number of nitrogens with one attached hydrogen (secondary N) is 3. The van der Waals surface area contributed by atoms with Crippen LogP contribution in [0.2, 0.25) is 0 Å². The number of benzene rings is 1. The standard InChI is InChI=1S/C18H19N7O2/c1-25-14-8-7-12(17(26)21-13(14)10-19-25)20-18(27)16-22-15(23-24-16)9-11-5-3-2-4-6-11/h2-6,10,12H,7-9H2,1H3,(H,20,27)(H,21,26)(H,22,23,24). The van der Waals surface area contributed by atoms with Gasteiger partial charge in [-0.05, 0) is 18.4 Å². The van der Waals surface area contributed by atoms with E-state index >= 15 is 0 Å². The van der Waals surface area contributed by atoms with Gasteiger partial charge < -0.3 is 10.6 Å². The highest BCUT2D eigenvalue weighted by Crippen LogP contribution is 2.21. The van der Waals surface area contributed by atoms with Crippen LogP contribution in [0.5, 0.6) is 0 Å². The highest BCUT2D eigenvalue weighted by molar-refractivity contribution is 6.00. The van der Waals surface area contributed by atoms with Crippen LogP contribution < -0.4 is 10.6 Å². The smallest absolute Gasteiger partial charge is 0.291 e. The number of anilines is 1. The van der Waals surface area contributed by atoms with Gasteiger partial charge in [0.25, 0.3) is 5.91 Å². The molecule has 1 unspecified atom stereocenters. The van der Waals surface area contributed by atoms with E-state index in [0.29, 0.717) is 30.8 Å². The molecular weight excluding hydrogens is 346 g/mol. The fourth-order valence-electron chi connectivity index (χ4n) is 3.12. The van der Waals surface area contributed by atoms with Gasteiger partial charge in [0, 0.05) is 13.5 Å². The van der Waals surface area contributed by atoms with Crippen LogP contribution in [0.3, 0.4) is 0 Å². The van der Waals surface area contributed by atoms with Crippen molar-refractivity contribution in [2.24, 2.45) is 7.05 Å². The van der Waals surface area contributed by atoms with Crippen LogP contribution in [-0.2, 0) is 24.7 Å². The van der Waals surface area contributed by atoms with Crippen molar-refractivity contribution in [3.8, 4) is 0 Å². The fourth-order valence-corrected chi connectivity index (χ4v) is 3.12. The molecule has 0 bridgehead atoms. The number of aromatic amines is 1. The number of fused-ring (bicyclic) bond motifs is 1. The van der Waals surface area contributed by atoms with E-state index in [4.69, 9.17) is 0 Å². The third kappa shape index (κ3) is 3.57. The van der Waals surface area contributed by atoms with Gasteiger partial charge in [0.05, 0.1) is 17.6 Å². The van der Waals surface area contributed by atoms with E-state index in [2.05, 4.69) is 30.9 Å². The first-order valence-electron chi connectivity index (χ1n) is 8.68. The zero-order valence-electron chi connectivity index (χ0n) is 14.8. The zero-order valence-corrected chi connectivity index (χ0v) is 14.8. The Morgan fingerprint density at radius 1 is 1.33 bits per heavy atom. The van der Waals surface area contributed by atoms with Gasteiger partial charge in [-0.15, -0.1) is 5.10 Å². The highest BCUT2D eigenvalue weighted by Gasteiger charge is 2.28. The molecular formula is C18H19N7O2. The third-order valence-electron chi connectivity index (χ3n) is 4.56. The molecule has 1 aliphatic heterocycles. The zero-order chi connectivity index (χ0) is 18.8. The van der Waals surface area contributed by atoms with Crippen molar-refractivity contribution < 1.29 is 9.59 Å². The second kappa shape index (κ2) is 7.02. The summed E-state index contributed by atoms with van der Waals surface area (Å²) in [4.78, 5) is 29.1. The molecule has 2 amide bonds. The van der Waals surface area contributed by atoms with E-state index in [9.17, 15) is 9.59 Å². The molecule has 0 fully saturated rings. The largest absolute Gasteiger partial charge is 0.337 e. The van der Waals surface area contributed by atoms with Crippen molar-refractivity contribution in [3.63, 3.8) is 0 Å². The van der Waals surface area contributed by atoms with Crippen molar-refractivity contribution in [2.75, 3.05) is 5.32 Å². The van der Waals surface area contributed by atoms with Crippen molar-refractivity contribution >= 4 is 17.5 Å². The first kappa shape index (κ1) is 17.0. The number of hydrogen-bond acceptors (Lipinski definition) is 5. The summed E-state index contributed by atoms with van der Waals surface area (Å²) in [6.45, 7) is 0. The fraction of sp³-hybridized carbons (Fsp3) is 0.278. The summed E-state index contributed by atoms with van der Waals surface area (Å²) in [7, 11) is 1.83. The molecule has 1 aromatic carbocycles. The van der Waals surface area contributed by atoms with Crippen LogP contribution in [-0.4, -0.2) is 42.8 Å².